The van der Waals surface area contributed by atoms with Crippen molar-refractivity contribution in [2.24, 2.45) is 5.73 Å². The maximum Gasteiger partial charge on any atom is 0.419 e. The van der Waals surface area contributed by atoms with Crippen LogP contribution >= 0.6 is 0 Å². The Bertz CT molecular complexity index is 746. The summed E-state index contributed by atoms with van der Waals surface area (Å²) >= 11 is 0. The molecular formula is C18H17F4NO2. The quantitative estimate of drug-likeness (QED) is 0.793. The molecule has 2 aromatic carbocycles. The Kier molecular flexibility index (Phi) is 5.35. The maximum absolute atomic E-state index is 13.4. The summed E-state index contributed by atoms with van der Waals surface area (Å²) < 4.78 is 57.6. The number of ether oxygens (including phenoxy) is 1. The molecular weight excluding hydrogens is 338 g/mol. The van der Waals surface area contributed by atoms with Crippen molar-refractivity contribution in [2.75, 3.05) is 0 Å². The van der Waals surface area contributed by atoms with Crippen LogP contribution in [0.15, 0.2) is 48.5 Å². The topological polar surface area (TPSA) is 52.3 Å². The third-order valence-electron chi connectivity index (χ3n) is 3.91. The Morgan fingerprint density at radius 3 is 2.28 bits per heavy atom. The molecule has 3 nitrogen and oxygen atoms in total. The van der Waals surface area contributed by atoms with E-state index in [0.717, 1.165) is 11.6 Å². The van der Waals surface area contributed by atoms with Crippen LogP contribution in [0.25, 0.3) is 0 Å². The number of hydrogen-bond donors (Lipinski definition) is 1. The highest BCUT2D eigenvalue weighted by molar-refractivity contribution is 5.84. The molecule has 25 heavy (non-hydrogen) atoms. The first kappa shape index (κ1) is 18.8. The zero-order chi connectivity index (χ0) is 18.7. The molecule has 0 fully saturated rings. The van der Waals surface area contributed by atoms with Crippen molar-refractivity contribution in [3.05, 3.63) is 65.5 Å². The van der Waals surface area contributed by atoms with Crippen molar-refractivity contribution in [3.8, 4) is 5.75 Å². The Balaban J connectivity index is 2.39. The van der Waals surface area contributed by atoms with E-state index in [2.05, 4.69) is 0 Å². The smallest absolute Gasteiger partial charge is 0.419 e. The number of nitrogens with two attached hydrogens (primary N) is 1. The van der Waals surface area contributed by atoms with Gasteiger partial charge in [-0.25, -0.2) is 4.39 Å². The van der Waals surface area contributed by atoms with Crippen LogP contribution in [0.5, 0.6) is 5.75 Å². The minimum absolute atomic E-state index is 0.0817. The van der Waals surface area contributed by atoms with Gasteiger partial charge in [0.1, 0.15) is 11.6 Å². The van der Waals surface area contributed by atoms with E-state index in [0.29, 0.717) is 12.1 Å². The number of primary amides is 1. The minimum atomic E-state index is -4.87. The van der Waals surface area contributed by atoms with E-state index < -0.39 is 29.1 Å². The average molecular weight is 355 g/mol. The number of amides is 1. The maximum atomic E-state index is 13.4. The summed E-state index contributed by atoms with van der Waals surface area (Å²) in [4.78, 5) is 12.0. The highest BCUT2D eigenvalue weighted by Crippen LogP contribution is 2.35. The largest absolute Gasteiger partial charge is 0.477 e. The number of alkyl halides is 3. The molecule has 1 atom stereocenters. The molecule has 0 bridgehead atoms. The molecule has 2 aromatic rings. The second kappa shape index (κ2) is 7.13. The molecule has 0 aliphatic carbocycles. The first-order chi connectivity index (χ1) is 11.7. The molecule has 1 unspecified atom stereocenters. The normalized spacial score (nSPS) is 14.0. The lowest BCUT2D eigenvalue weighted by Gasteiger charge is -2.31. The second-order valence-corrected chi connectivity index (χ2v) is 5.62. The highest BCUT2D eigenvalue weighted by atomic mass is 19.4. The molecule has 0 aliphatic rings. The van der Waals surface area contributed by atoms with Crippen LogP contribution in [0.4, 0.5) is 17.6 Å². The van der Waals surface area contributed by atoms with Crippen LogP contribution < -0.4 is 10.5 Å². The number of halogens is 4. The fraction of sp³-hybridized carbons (Fsp3) is 0.278. The van der Waals surface area contributed by atoms with Gasteiger partial charge in [0.25, 0.3) is 5.91 Å². The van der Waals surface area contributed by atoms with E-state index in [1.54, 1.807) is 37.3 Å². The number of hydrogen-bond acceptors (Lipinski definition) is 2. The van der Waals surface area contributed by atoms with Crippen LogP contribution in [0.3, 0.4) is 0 Å². The Morgan fingerprint density at radius 1 is 1.12 bits per heavy atom. The van der Waals surface area contributed by atoms with Crippen molar-refractivity contribution in [3.63, 3.8) is 0 Å². The van der Waals surface area contributed by atoms with Crippen LogP contribution in [0.2, 0.25) is 0 Å². The van der Waals surface area contributed by atoms with Crippen LogP contribution in [0, 0.1) is 5.82 Å². The van der Waals surface area contributed by atoms with Gasteiger partial charge in [-0.3, -0.25) is 4.79 Å². The Labute approximate surface area is 142 Å². The monoisotopic (exact) mass is 355 g/mol. The first-order valence-corrected chi connectivity index (χ1v) is 7.57. The standard InChI is InChI=1S/C18H17F4NO2/c1-2-17(16(23)24,11-12-6-4-3-5-7-12)25-13-8-9-15(19)14(10-13)18(20,21)22/h3-10H,2,11H2,1H3,(H2,23,24). The minimum Gasteiger partial charge on any atom is -0.477 e. The Morgan fingerprint density at radius 2 is 1.76 bits per heavy atom. The number of carbonyl (C=O) groups is 1. The van der Waals surface area contributed by atoms with Crippen molar-refractivity contribution >= 4 is 5.91 Å². The summed E-state index contributed by atoms with van der Waals surface area (Å²) in [5.74, 6) is -2.49. The molecule has 0 heterocycles. The molecule has 0 saturated carbocycles. The van der Waals surface area contributed by atoms with Gasteiger partial charge in [0.2, 0.25) is 0 Å². The summed E-state index contributed by atoms with van der Waals surface area (Å²) in [7, 11) is 0. The average Bonchev–Trinajstić information content (AvgIpc) is 2.55. The van der Waals surface area contributed by atoms with E-state index in [9.17, 15) is 22.4 Å². The third-order valence-corrected chi connectivity index (χ3v) is 3.91. The number of benzene rings is 2. The van der Waals surface area contributed by atoms with Gasteiger partial charge in [-0.15, -0.1) is 0 Å². The fourth-order valence-corrected chi connectivity index (χ4v) is 2.48. The molecule has 0 aromatic heterocycles. The molecule has 0 spiro atoms. The van der Waals surface area contributed by atoms with Crippen molar-refractivity contribution in [1.29, 1.82) is 0 Å². The predicted octanol–water partition coefficient (Wildman–Crippen LogP) is 4.10. The van der Waals surface area contributed by atoms with Crippen molar-refractivity contribution < 1.29 is 27.1 Å². The summed E-state index contributed by atoms with van der Waals surface area (Å²) in [5.41, 5.74) is 3.21. The van der Waals surface area contributed by atoms with E-state index in [1.165, 1.54) is 0 Å². The van der Waals surface area contributed by atoms with E-state index in [-0.39, 0.29) is 18.6 Å². The van der Waals surface area contributed by atoms with Crippen LogP contribution in [0.1, 0.15) is 24.5 Å². The summed E-state index contributed by atoms with van der Waals surface area (Å²) in [6, 6.07) is 11.0. The lowest BCUT2D eigenvalue weighted by atomic mass is 9.90. The van der Waals surface area contributed by atoms with E-state index in [4.69, 9.17) is 10.5 Å². The van der Waals surface area contributed by atoms with Gasteiger partial charge >= 0.3 is 6.18 Å². The molecule has 0 radical (unpaired) electrons. The molecule has 0 saturated heterocycles. The van der Waals surface area contributed by atoms with Crippen molar-refractivity contribution in [2.45, 2.75) is 31.5 Å². The zero-order valence-electron chi connectivity index (χ0n) is 13.4. The van der Waals surface area contributed by atoms with Gasteiger partial charge in [-0.2, -0.15) is 13.2 Å². The van der Waals surface area contributed by atoms with Crippen LogP contribution in [-0.4, -0.2) is 11.5 Å². The highest BCUT2D eigenvalue weighted by Gasteiger charge is 2.39. The number of rotatable bonds is 6. The van der Waals surface area contributed by atoms with Gasteiger partial charge < -0.3 is 10.5 Å². The third kappa shape index (κ3) is 4.29. The Hall–Kier alpha value is -2.57. The lowest BCUT2D eigenvalue weighted by Crippen LogP contribution is -2.50. The second-order valence-electron chi connectivity index (χ2n) is 5.62. The van der Waals surface area contributed by atoms with Gasteiger partial charge in [-0.05, 0) is 30.2 Å². The first-order valence-electron chi connectivity index (χ1n) is 7.57. The molecule has 2 N–H and O–H groups in total. The number of carbonyl (C=O) groups excluding carboxylic acids is 1. The molecule has 0 aliphatic heterocycles. The van der Waals surface area contributed by atoms with Gasteiger partial charge in [-0.1, -0.05) is 37.3 Å². The fourth-order valence-electron chi connectivity index (χ4n) is 2.48. The molecule has 134 valence electrons. The summed E-state index contributed by atoms with van der Waals surface area (Å²) in [6.07, 6.45) is -4.65. The van der Waals surface area contributed by atoms with Gasteiger partial charge in [0, 0.05) is 6.42 Å². The summed E-state index contributed by atoms with van der Waals surface area (Å²) in [5, 5.41) is 0. The van der Waals surface area contributed by atoms with E-state index >= 15 is 0 Å². The molecule has 2 rings (SSSR count). The lowest BCUT2D eigenvalue weighted by molar-refractivity contribution is -0.140. The van der Waals surface area contributed by atoms with Crippen molar-refractivity contribution in [1.82, 2.24) is 0 Å². The predicted molar refractivity (Wildman–Crippen MR) is 84.4 cm³/mol. The molecule has 7 heteroatoms. The molecule has 1 amide bonds. The summed E-state index contributed by atoms with van der Waals surface area (Å²) in [6.45, 7) is 1.64. The van der Waals surface area contributed by atoms with Crippen LogP contribution in [-0.2, 0) is 17.4 Å². The van der Waals surface area contributed by atoms with Gasteiger partial charge in [0.05, 0.1) is 5.56 Å². The SMILES string of the molecule is CCC(Cc1ccccc1)(Oc1ccc(F)c(C(F)(F)F)c1)C(N)=O. The van der Waals surface area contributed by atoms with E-state index in [1.807, 2.05) is 0 Å². The van der Waals surface area contributed by atoms with Gasteiger partial charge in [0.15, 0.2) is 5.60 Å². The zero-order valence-corrected chi connectivity index (χ0v) is 13.4.